The van der Waals surface area contributed by atoms with Crippen LogP contribution in [0.15, 0.2) is 53.4 Å². The van der Waals surface area contributed by atoms with Crippen molar-refractivity contribution in [1.82, 2.24) is 4.72 Å². The normalized spacial score (nSPS) is 11.5. The zero-order valence-corrected chi connectivity index (χ0v) is 12.7. The summed E-state index contributed by atoms with van der Waals surface area (Å²) < 4.78 is 27.1. The van der Waals surface area contributed by atoms with Crippen molar-refractivity contribution in [3.63, 3.8) is 0 Å². The van der Waals surface area contributed by atoms with Gasteiger partial charge in [0.25, 0.3) is 0 Å². The minimum absolute atomic E-state index is 0.136. The molecule has 0 amide bonds. The molecule has 2 aromatic carbocycles. The molecule has 0 fully saturated rings. The molecule has 0 bridgehead atoms. The average molecular weight is 305 g/mol. The summed E-state index contributed by atoms with van der Waals surface area (Å²) in [6.07, 6.45) is 0.632. The molecule has 0 heterocycles. The summed E-state index contributed by atoms with van der Waals surface area (Å²) in [5.41, 5.74) is 2.67. The Labute approximate surface area is 125 Å². The molecule has 5 heteroatoms. The molecule has 0 aliphatic heterocycles. The molecule has 0 atom stereocenters. The van der Waals surface area contributed by atoms with E-state index in [0.717, 1.165) is 11.1 Å². The van der Waals surface area contributed by atoms with E-state index in [1.165, 1.54) is 6.07 Å². The van der Waals surface area contributed by atoms with Gasteiger partial charge in [-0.2, -0.15) is 0 Å². The second kappa shape index (κ2) is 6.85. The summed E-state index contributed by atoms with van der Waals surface area (Å²) in [6.45, 7) is 2.03. The van der Waals surface area contributed by atoms with Crippen LogP contribution < -0.4 is 4.72 Å². The van der Waals surface area contributed by atoms with Crippen LogP contribution in [0.4, 0.5) is 0 Å². The van der Waals surface area contributed by atoms with Crippen molar-refractivity contribution in [2.45, 2.75) is 24.8 Å². The first-order valence-electron chi connectivity index (χ1n) is 6.77. The van der Waals surface area contributed by atoms with Crippen molar-refractivity contribution in [1.29, 1.82) is 0 Å². The first kappa shape index (κ1) is 15.7. The fourth-order valence-corrected chi connectivity index (χ4v) is 3.45. The van der Waals surface area contributed by atoms with Crippen molar-refractivity contribution in [3.8, 4) is 0 Å². The minimum atomic E-state index is -3.60. The number of hydrogen-bond acceptors (Lipinski definition) is 3. The van der Waals surface area contributed by atoms with Crippen LogP contribution >= 0.6 is 0 Å². The molecule has 0 radical (unpaired) electrons. The smallest absolute Gasteiger partial charge is 0.240 e. The molecule has 0 saturated carbocycles. The molecular weight excluding hydrogens is 286 g/mol. The molecule has 4 nitrogen and oxygen atoms in total. The summed E-state index contributed by atoms with van der Waals surface area (Å²) >= 11 is 0. The van der Waals surface area contributed by atoms with Crippen LogP contribution in [0.5, 0.6) is 0 Å². The number of nitrogens with one attached hydrogen (secondary N) is 1. The van der Waals surface area contributed by atoms with Crippen LogP contribution in [0.3, 0.4) is 0 Å². The topological polar surface area (TPSA) is 66.4 Å². The van der Waals surface area contributed by atoms with Crippen LogP contribution in [0.2, 0.25) is 0 Å². The van der Waals surface area contributed by atoms with Gasteiger partial charge < -0.3 is 5.11 Å². The van der Waals surface area contributed by atoms with Crippen LogP contribution in [0.25, 0.3) is 0 Å². The van der Waals surface area contributed by atoms with Gasteiger partial charge in [-0.05, 0) is 36.1 Å². The number of benzene rings is 2. The van der Waals surface area contributed by atoms with Crippen molar-refractivity contribution in [2.75, 3.05) is 6.54 Å². The first-order chi connectivity index (χ1) is 10.0. The maximum Gasteiger partial charge on any atom is 0.240 e. The minimum Gasteiger partial charge on any atom is -0.392 e. The van der Waals surface area contributed by atoms with E-state index in [2.05, 4.69) is 4.72 Å². The fraction of sp³-hybridized carbons (Fsp3) is 0.250. The maximum absolute atomic E-state index is 12.3. The maximum atomic E-state index is 12.3. The van der Waals surface area contributed by atoms with Crippen LogP contribution in [-0.2, 0) is 23.1 Å². The molecule has 0 spiro atoms. The third kappa shape index (κ3) is 3.91. The second-order valence-corrected chi connectivity index (χ2v) is 6.58. The van der Waals surface area contributed by atoms with Crippen LogP contribution in [-0.4, -0.2) is 20.1 Å². The third-order valence-electron chi connectivity index (χ3n) is 3.38. The highest BCUT2D eigenvalue weighted by molar-refractivity contribution is 7.89. The Kier molecular flexibility index (Phi) is 5.12. The van der Waals surface area contributed by atoms with E-state index in [4.69, 9.17) is 0 Å². The van der Waals surface area contributed by atoms with E-state index < -0.39 is 10.0 Å². The second-order valence-electron chi connectivity index (χ2n) is 4.84. The molecule has 0 saturated heterocycles. The number of aliphatic hydroxyl groups is 1. The van der Waals surface area contributed by atoms with Gasteiger partial charge in [-0.3, -0.25) is 0 Å². The molecule has 2 aromatic rings. The van der Waals surface area contributed by atoms with E-state index in [-0.39, 0.29) is 11.5 Å². The zero-order chi connectivity index (χ0) is 15.3. The van der Waals surface area contributed by atoms with E-state index >= 15 is 0 Å². The number of hydrogen-bond donors (Lipinski definition) is 2. The van der Waals surface area contributed by atoms with Gasteiger partial charge in [0, 0.05) is 6.54 Å². The average Bonchev–Trinajstić information content (AvgIpc) is 2.49. The predicted molar refractivity (Wildman–Crippen MR) is 82.4 cm³/mol. The van der Waals surface area contributed by atoms with E-state index in [0.29, 0.717) is 18.5 Å². The standard InChI is InChI=1S/C16H19NO3S/c1-13-6-2-3-7-14(13)10-11-17-21(19,20)16-9-5-4-8-15(16)12-18/h2-9,17-18H,10-12H2,1H3. The molecule has 0 unspecified atom stereocenters. The quantitative estimate of drug-likeness (QED) is 0.858. The number of sulfonamides is 1. The Morgan fingerprint density at radius 2 is 1.62 bits per heavy atom. The summed E-state index contributed by atoms with van der Waals surface area (Å²) in [4.78, 5) is 0.136. The SMILES string of the molecule is Cc1ccccc1CCNS(=O)(=O)c1ccccc1CO. The van der Waals surface area contributed by atoms with Crippen molar-refractivity contribution < 1.29 is 13.5 Å². The molecule has 0 aliphatic rings. The third-order valence-corrected chi connectivity index (χ3v) is 4.94. The van der Waals surface area contributed by atoms with Crippen molar-refractivity contribution in [2.24, 2.45) is 0 Å². The van der Waals surface area contributed by atoms with E-state index in [1.807, 2.05) is 31.2 Å². The van der Waals surface area contributed by atoms with Gasteiger partial charge in [0.05, 0.1) is 11.5 Å². The molecule has 2 N–H and O–H groups in total. The highest BCUT2D eigenvalue weighted by atomic mass is 32.2. The van der Waals surface area contributed by atoms with Gasteiger partial charge in [0.1, 0.15) is 0 Å². The van der Waals surface area contributed by atoms with Crippen LogP contribution in [0, 0.1) is 6.92 Å². The van der Waals surface area contributed by atoms with Crippen molar-refractivity contribution >= 4 is 10.0 Å². The molecule has 0 aromatic heterocycles. The van der Waals surface area contributed by atoms with Crippen molar-refractivity contribution in [3.05, 3.63) is 65.2 Å². The van der Waals surface area contributed by atoms with Gasteiger partial charge in [-0.1, -0.05) is 42.5 Å². The molecule has 0 aliphatic carbocycles. The van der Waals surface area contributed by atoms with Gasteiger partial charge in [-0.25, -0.2) is 13.1 Å². The molecule has 2 rings (SSSR count). The predicted octanol–water partition coefficient (Wildman–Crippen LogP) is 2.01. The van der Waals surface area contributed by atoms with Gasteiger partial charge in [0.15, 0.2) is 0 Å². The molecular formula is C16H19NO3S. The number of aryl methyl sites for hydroxylation is 1. The Morgan fingerprint density at radius 3 is 2.29 bits per heavy atom. The van der Waals surface area contributed by atoms with Crippen LogP contribution in [0.1, 0.15) is 16.7 Å². The fourth-order valence-electron chi connectivity index (χ4n) is 2.19. The molecule has 21 heavy (non-hydrogen) atoms. The largest absolute Gasteiger partial charge is 0.392 e. The van der Waals surface area contributed by atoms with E-state index in [1.54, 1.807) is 18.2 Å². The Morgan fingerprint density at radius 1 is 1.00 bits per heavy atom. The lowest BCUT2D eigenvalue weighted by atomic mass is 10.1. The lowest BCUT2D eigenvalue weighted by Crippen LogP contribution is -2.27. The summed E-state index contributed by atoms with van der Waals surface area (Å²) in [5, 5.41) is 9.23. The summed E-state index contributed by atoms with van der Waals surface area (Å²) in [7, 11) is -3.60. The Balaban J connectivity index is 2.07. The number of aliphatic hydroxyl groups excluding tert-OH is 1. The monoisotopic (exact) mass is 305 g/mol. The lowest BCUT2D eigenvalue weighted by Gasteiger charge is -2.11. The van der Waals surface area contributed by atoms with Gasteiger partial charge in [0.2, 0.25) is 10.0 Å². The highest BCUT2D eigenvalue weighted by Gasteiger charge is 2.17. The zero-order valence-electron chi connectivity index (χ0n) is 11.9. The molecule has 112 valence electrons. The lowest BCUT2D eigenvalue weighted by molar-refractivity contribution is 0.278. The summed E-state index contributed by atoms with van der Waals surface area (Å²) in [5.74, 6) is 0. The first-order valence-corrected chi connectivity index (χ1v) is 8.26. The highest BCUT2D eigenvalue weighted by Crippen LogP contribution is 2.15. The Bertz CT molecular complexity index is 711. The summed E-state index contributed by atoms with van der Waals surface area (Å²) in [6, 6.07) is 14.4. The van der Waals surface area contributed by atoms with Gasteiger partial charge in [-0.15, -0.1) is 0 Å². The van der Waals surface area contributed by atoms with Gasteiger partial charge >= 0.3 is 0 Å². The Hall–Kier alpha value is -1.69. The van der Waals surface area contributed by atoms with E-state index in [9.17, 15) is 13.5 Å². The number of rotatable bonds is 6.